The molecule has 5 heteroatoms. The van der Waals surface area contributed by atoms with E-state index in [1.807, 2.05) is 12.3 Å². The molecule has 5 heterocycles. The predicted octanol–water partition coefficient (Wildman–Crippen LogP) is 2.94. The van der Waals surface area contributed by atoms with Gasteiger partial charge in [0.25, 0.3) is 0 Å². The maximum absolute atomic E-state index is 4.65. The minimum absolute atomic E-state index is 0.662. The third-order valence-electron chi connectivity index (χ3n) is 5.05. The van der Waals surface area contributed by atoms with Crippen molar-refractivity contribution in [2.45, 2.75) is 38.9 Å². The average molecular weight is 328 g/mol. The van der Waals surface area contributed by atoms with Gasteiger partial charge in [-0.05, 0) is 37.8 Å². The first-order valence-corrected chi connectivity index (χ1v) is 9.41. The first kappa shape index (κ1) is 15.2. The molecule has 23 heavy (non-hydrogen) atoms. The van der Waals surface area contributed by atoms with E-state index in [9.17, 15) is 0 Å². The normalized spacial score (nSPS) is 25.6. The van der Waals surface area contributed by atoms with Gasteiger partial charge in [-0.2, -0.15) is 0 Å². The van der Waals surface area contributed by atoms with Gasteiger partial charge in [0.15, 0.2) is 0 Å². The first-order chi connectivity index (χ1) is 11.3. The predicted molar refractivity (Wildman–Crippen MR) is 93.3 cm³/mol. The number of thiazole rings is 1. The van der Waals surface area contributed by atoms with Crippen LogP contribution in [0.2, 0.25) is 0 Å². The number of aryl methyl sites for hydroxylation is 1. The number of pyridine rings is 1. The SMILES string of the molecule is Cc1nc(CN2C[C@@H]3CC[C@H](C2)N(Cc2ccccn2)C3)cs1. The van der Waals surface area contributed by atoms with Gasteiger partial charge in [-0.3, -0.25) is 14.8 Å². The molecule has 0 radical (unpaired) electrons. The van der Waals surface area contributed by atoms with Crippen molar-refractivity contribution in [1.82, 2.24) is 19.8 Å². The summed E-state index contributed by atoms with van der Waals surface area (Å²) in [4.78, 5) is 14.4. The number of hydrogen-bond acceptors (Lipinski definition) is 5. The van der Waals surface area contributed by atoms with Crippen molar-refractivity contribution in [3.63, 3.8) is 0 Å². The van der Waals surface area contributed by atoms with E-state index in [0.29, 0.717) is 6.04 Å². The van der Waals surface area contributed by atoms with Gasteiger partial charge in [0, 0.05) is 50.3 Å². The molecule has 0 amide bonds. The summed E-state index contributed by atoms with van der Waals surface area (Å²) in [6.07, 6.45) is 4.60. The Hall–Kier alpha value is -1.30. The molecule has 2 bridgehead atoms. The molecule has 0 saturated carbocycles. The number of hydrogen-bond donors (Lipinski definition) is 0. The quantitative estimate of drug-likeness (QED) is 0.864. The Morgan fingerprint density at radius 2 is 2.09 bits per heavy atom. The summed E-state index contributed by atoms with van der Waals surface area (Å²) < 4.78 is 0. The lowest BCUT2D eigenvalue weighted by Gasteiger charge is -2.35. The number of fused-ring (bicyclic) bond motifs is 4. The second-order valence-electron chi connectivity index (χ2n) is 6.90. The van der Waals surface area contributed by atoms with Crippen LogP contribution in [0.1, 0.15) is 29.2 Å². The summed E-state index contributed by atoms with van der Waals surface area (Å²) in [6.45, 7) is 7.69. The molecule has 3 aliphatic heterocycles. The zero-order chi connectivity index (χ0) is 15.6. The third-order valence-corrected chi connectivity index (χ3v) is 5.87. The van der Waals surface area contributed by atoms with Gasteiger partial charge in [-0.1, -0.05) is 6.07 Å². The molecule has 2 aromatic rings. The van der Waals surface area contributed by atoms with E-state index in [1.165, 1.54) is 48.9 Å². The van der Waals surface area contributed by atoms with E-state index in [4.69, 9.17) is 0 Å². The van der Waals surface area contributed by atoms with Gasteiger partial charge in [-0.15, -0.1) is 11.3 Å². The van der Waals surface area contributed by atoms with Gasteiger partial charge in [0.2, 0.25) is 0 Å². The Morgan fingerprint density at radius 1 is 1.13 bits per heavy atom. The van der Waals surface area contributed by atoms with Gasteiger partial charge in [0.05, 0.1) is 16.4 Å². The van der Waals surface area contributed by atoms with Gasteiger partial charge < -0.3 is 0 Å². The molecule has 0 N–H and O–H groups in total. The molecule has 3 aliphatic rings. The minimum Gasteiger partial charge on any atom is -0.296 e. The minimum atomic E-state index is 0.662. The summed E-state index contributed by atoms with van der Waals surface area (Å²) in [6, 6.07) is 6.90. The van der Waals surface area contributed by atoms with Crippen molar-refractivity contribution in [3.8, 4) is 0 Å². The molecule has 0 unspecified atom stereocenters. The first-order valence-electron chi connectivity index (χ1n) is 8.53. The van der Waals surface area contributed by atoms with Crippen LogP contribution in [-0.2, 0) is 13.1 Å². The Balaban J connectivity index is 1.44. The second kappa shape index (κ2) is 6.67. The van der Waals surface area contributed by atoms with Crippen LogP contribution in [0.3, 0.4) is 0 Å². The van der Waals surface area contributed by atoms with Crippen molar-refractivity contribution in [3.05, 3.63) is 46.2 Å². The highest BCUT2D eigenvalue weighted by atomic mass is 32.1. The second-order valence-corrected chi connectivity index (χ2v) is 7.96. The molecule has 5 rings (SSSR count). The van der Waals surface area contributed by atoms with Crippen LogP contribution in [0.4, 0.5) is 0 Å². The van der Waals surface area contributed by atoms with Crippen molar-refractivity contribution >= 4 is 11.3 Å². The highest BCUT2D eigenvalue weighted by molar-refractivity contribution is 7.09. The van der Waals surface area contributed by atoms with Crippen LogP contribution < -0.4 is 0 Å². The topological polar surface area (TPSA) is 32.3 Å². The molecule has 2 atom stereocenters. The monoisotopic (exact) mass is 328 g/mol. The summed E-state index contributed by atoms with van der Waals surface area (Å²) in [7, 11) is 0. The van der Waals surface area contributed by atoms with Gasteiger partial charge in [0.1, 0.15) is 0 Å². The summed E-state index contributed by atoms with van der Waals surface area (Å²) in [5.74, 6) is 0.789. The largest absolute Gasteiger partial charge is 0.296 e. The zero-order valence-electron chi connectivity index (χ0n) is 13.7. The van der Waals surface area contributed by atoms with Crippen LogP contribution in [0.15, 0.2) is 29.8 Å². The van der Waals surface area contributed by atoms with Crippen LogP contribution in [-0.4, -0.2) is 45.4 Å². The number of aromatic nitrogens is 2. The molecule has 0 aliphatic carbocycles. The fourth-order valence-electron chi connectivity index (χ4n) is 4.01. The van der Waals surface area contributed by atoms with E-state index in [0.717, 1.165) is 19.0 Å². The Bertz CT molecular complexity index is 641. The van der Waals surface area contributed by atoms with Crippen molar-refractivity contribution in [1.29, 1.82) is 0 Å². The van der Waals surface area contributed by atoms with Crippen molar-refractivity contribution in [2.24, 2.45) is 5.92 Å². The molecular formula is C18H24N4S. The van der Waals surface area contributed by atoms with E-state index >= 15 is 0 Å². The fourth-order valence-corrected chi connectivity index (χ4v) is 4.61. The van der Waals surface area contributed by atoms with Crippen LogP contribution in [0, 0.1) is 12.8 Å². The summed E-state index contributed by atoms with van der Waals surface area (Å²) >= 11 is 1.76. The number of rotatable bonds is 4. The number of piperidine rings is 1. The Kier molecular flexibility index (Phi) is 4.42. The molecular weight excluding hydrogens is 304 g/mol. The van der Waals surface area contributed by atoms with E-state index in [-0.39, 0.29) is 0 Å². The molecule has 122 valence electrons. The smallest absolute Gasteiger partial charge is 0.0897 e. The van der Waals surface area contributed by atoms with Crippen LogP contribution in [0.5, 0.6) is 0 Å². The molecule has 0 aromatic carbocycles. The Labute approximate surface area is 142 Å². The van der Waals surface area contributed by atoms with Crippen molar-refractivity contribution in [2.75, 3.05) is 19.6 Å². The Morgan fingerprint density at radius 3 is 2.87 bits per heavy atom. The standard InChI is InChI=1S/C18H24N4S/c1-14-20-17(13-23-14)10-21-8-15-5-6-18(12-21)22(9-15)11-16-4-2-3-7-19-16/h2-4,7,13,15,18H,5-6,8-12H2,1H3/t15-,18+/m0/s1. The summed E-state index contributed by atoms with van der Waals surface area (Å²) in [5.41, 5.74) is 2.44. The van der Waals surface area contributed by atoms with E-state index < -0.39 is 0 Å². The zero-order valence-corrected chi connectivity index (χ0v) is 14.5. The fraction of sp³-hybridized carbons (Fsp3) is 0.556. The van der Waals surface area contributed by atoms with Gasteiger partial charge >= 0.3 is 0 Å². The lowest BCUT2D eigenvalue weighted by atomic mass is 9.95. The van der Waals surface area contributed by atoms with Gasteiger partial charge in [-0.25, -0.2) is 4.98 Å². The maximum Gasteiger partial charge on any atom is 0.0897 e. The van der Waals surface area contributed by atoms with Crippen LogP contribution in [0.25, 0.3) is 0 Å². The van der Waals surface area contributed by atoms with Crippen LogP contribution >= 0.6 is 11.3 Å². The lowest BCUT2D eigenvalue weighted by molar-refractivity contribution is 0.121. The third kappa shape index (κ3) is 3.62. The highest BCUT2D eigenvalue weighted by Gasteiger charge is 2.34. The lowest BCUT2D eigenvalue weighted by Crippen LogP contribution is -2.43. The molecule has 4 nitrogen and oxygen atoms in total. The molecule has 0 spiro atoms. The average Bonchev–Trinajstić information content (AvgIpc) is 2.77. The highest BCUT2D eigenvalue weighted by Crippen LogP contribution is 2.29. The molecule has 3 fully saturated rings. The van der Waals surface area contributed by atoms with E-state index in [1.54, 1.807) is 11.3 Å². The maximum atomic E-state index is 4.65. The van der Waals surface area contributed by atoms with Crippen molar-refractivity contribution < 1.29 is 0 Å². The molecule has 3 saturated heterocycles. The summed E-state index contributed by atoms with van der Waals surface area (Å²) in [5, 5.41) is 3.39. The number of nitrogens with zero attached hydrogens (tertiary/aromatic N) is 4. The molecule has 2 aromatic heterocycles. The van der Waals surface area contributed by atoms with E-state index in [2.05, 4.69) is 44.2 Å².